The van der Waals surface area contributed by atoms with Gasteiger partial charge in [-0.05, 0) is 43.9 Å². The predicted octanol–water partition coefficient (Wildman–Crippen LogP) is 2.79. The van der Waals surface area contributed by atoms with Crippen molar-refractivity contribution in [3.05, 3.63) is 24.0 Å². The van der Waals surface area contributed by atoms with Gasteiger partial charge in [0, 0.05) is 18.3 Å². The van der Waals surface area contributed by atoms with Crippen LogP contribution in [-0.4, -0.2) is 22.6 Å². The summed E-state index contributed by atoms with van der Waals surface area (Å²) in [7, 11) is 0. The van der Waals surface area contributed by atoms with E-state index in [0.717, 1.165) is 16.9 Å². The second kappa shape index (κ2) is 5.21. The van der Waals surface area contributed by atoms with Gasteiger partial charge >= 0.3 is 0 Å². The van der Waals surface area contributed by atoms with Gasteiger partial charge in [0.1, 0.15) is 5.82 Å². The van der Waals surface area contributed by atoms with Gasteiger partial charge in [-0.2, -0.15) is 0 Å². The third kappa shape index (κ3) is 2.32. The number of piperidine rings is 1. The summed E-state index contributed by atoms with van der Waals surface area (Å²) in [5.74, 6) is 0.859. The van der Waals surface area contributed by atoms with Crippen LogP contribution in [0.3, 0.4) is 0 Å². The molecular formula is C15H22N4. The summed E-state index contributed by atoms with van der Waals surface area (Å²) >= 11 is 0. The number of hydrogen-bond acceptors (Lipinski definition) is 3. The number of rotatable bonds is 3. The summed E-state index contributed by atoms with van der Waals surface area (Å²) in [6.45, 7) is 3.91. The molecule has 1 aromatic carbocycles. The van der Waals surface area contributed by atoms with E-state index in [9.17, 15) is 0 Å². The average molecular weight is 258 g/mol. The fourth-order valence-electron chi connectivity index (χ4n) is 3.09. The molecule has 1 atom stereocenters. The summed E-state index contributed by atoms with van der Waals surface area (Å²) in [4.78, 5) is 10.3. The number of aromatic amines is 1. The quantitative estimate of drug-likeness (QED) is 0.890. The molecule has 4 heteroatoms. The van der Waals surface area contributed by atoms with E-state index in [1.165, 1.54) is 37.9 Å². The number of anilines is 1. The van der Waals surface area contributed by atoms with Crippen molar-refractivity contribution >= 4 is 16.7 Å². The number of imidazole rings is 1. The summed E-state index contributed by atoms with van der Waals surface area (Å²) in [5, 5.41) is 0. The van der Waals surface area contributed by atoms with E-state index in [1.807, 2.05) is 0 Å². The molecule has 3 N–H and O–H groups in total. The van der Waals surface area contributed by atoms with E-state index >= 15 is 0 Å². The molecule has 1 aliphatic rings. The van der Waals surface area contributed by atoms with Gasteiger partial charge in [0.15, 0.2) is 0 Å². The van der Waals surface area contributed by atoms with E-state index in [1.54, 1.807) is 0 Å². The molecule has 4 nitrogen and oxygen atoms in total. The molecule has 1 saturated heterocycles. The van der Waals surface area contributed by atoms with Gasteiger partial charge in [0.2, 0.25) is 0 Å². The van der Waals surface area contributed by atoms with E-state index in [2.05, 4.69) is 40.0 Å². The first-order chi connectivity index (χ1) is 9.31. The Bertz CT molecular complexity index is 560. The van der Waals surface area contributed by atoms with Crippen LogP contribution in [0.4, 0.5) is 5.69 Å². The average Bonchev–Trinajstić information content (AvgIpc) is 2.89. The van der Waals surface area contributed by atoms with Gasteiger partial charge in [-0.3, -0.25) is 0 Å². The fraction of sp³-hybridized carbons (Fsp3) is 0.533. The Hall–Kier alpha value is -1.55. The number of benzene rings is 1. The molecule has 1 aromatic heterocycles. The number of nitrogens with zero attached hydrogens (tertiary/aromatic N) is 2. The first-order valence-electron chi connectivity index (χ1n) is 7.27. The van der Waals surface area contributed by atoms with Gasteiger partial charge in [0.05, 0.1) is 17.6 Å². The molecule has 0 radical (unpaired) electrons. The normalized spacial score (nSPS) is 20.1. The maximum absolute atomic E-state index is 5.63. The second-order valence-electron chi connectivity index (χ2n) is 5.34. The van der Waals surface area contributed by atoms with Gasteiger partial charge in [-0.1, -0.05) is 6.92 Å². The molecule has 1 unspecified atom stereocenters. The van der Waals surface area contributed by atoms with Crippen LogP contribution in [0.1, 0.15) is 38.4 Å². The molecule has 0 saturated carbocycles. The summed E-state index contributed by atoms with van der Waals surface area (Å²) in [6, 6.07) is 7.19. The maximum atomic E-state index is 5.63. The fourth-order valence-corrected chi connectivity index (χ4v) is 3.09. The lowest BCUT2D eigenvalue weighted by Crippen LogP contribution is -2.39. The largest absolute Gasteiger partial charge is 0.368 e. The van der Waals surface area contributed by atoms with Crippen molar-refractivity contribution in [3.8, 4) is 0 Å². The van der Waals surface area contributed by atoms with Gasteiger partial charge < -0.3 is 15.6 Å². The molecule has 3 rings (SSSR count). The Morgan fingerprint density at radius 1 is 1.42 bits per heavy atom. The van der Waals surface area contributed by atoms with Crippen LogP contribution >= 0.6 is 0 Å². The first kappa shape index (κ1) is 12.5. The monoisotopic (exact) mass is 258 g/mol. The minimum Gasteiger partial charge on any atom is -0.368 e. The van der Waals surface area contributed by atoms with Crippen LogP contribution in [0.15, 0.2) is 18.2 Å². The van der Waals surface area contributed by atoms with Crippen LogP contribution in [0.2, 0.25) is 0 Å². The standard InChI is InChI=1S/C15H22N4/c1-2-11-5-3-4-8-19(11)12-6-7-13-14(9-12)18-15(10-16)17-13/h6-7,9,11H,2-5,8,10,16H2,1H3,(H,17,18). The Balaban J connectivity index is 1.94. The summed E-state index contributed by atoms with van der Waals surface area (Å²) in [6.07, 6.45) is 5.19. The van der Waals surface area contributed by atoms with Gasteiger partial charge in [-0.15, -0.1) is 0 Å². The number of nitrogens with two attached hydrogens (primary N) is 1. The molecule has 0 spiro atoms. The highest BCUT2D eigenvalue weighted by Gasteiger charge is 2.21. The summed E-state index contributed by atoms with van der Waals surface area (Å²) in [5.41, 5.74) is 9.05. The smallest absolute Gasteiger partial charge is 0.121 e. The van der Waals surface area contributed by atoms with E-state index < -0.39 is 0 Å². The molecule has 0 bridgehead atoms. The minimum absolute atomic E-state index is 0.464. The van der Waals surface area contributed by atoms with Crippen LogP contribution in [0, 0.1) is 0 Å². The number of fused-ring (bicyclic) bond motifs is 1. The van der Waals surface area contributed by atoms with Crippen molar-refractivity contribution in [2.45, 2.75) is 45.2 Å². The van der Waals surface area contributed by atoms with Crippen molar-refractivity contribution in [2.24, 2.45) is 5.73 Å². The first-order valence-corrected chi connectivity index (χ1v) is 7.27. The topological polar surface area (TPSA) is 57.9 Å². The lowest BCUT2D eigenvalue weighted by atomic mass is 9.99. The third-order valence-corrected chi connectivity index (χ3v) is 4.14. The molecule has 1 fully saturated rings. The van der Waals surface area contributed by atoms with Gasteiger partial charge in [0.25, 0.3) is 0 Å². The van der Waals surface area contributed by atoms with Crippen molar-refractivity contribution in [1.82, 2.24) is 9.97 Å². The number of nitrogens with one attached hydrogen (secondary N) is 1. The number of H-pyrrole nitrogens is 1. The molecule has 1 aliphatic heterocycles. The zero-order chi connectivity index (χ0) is 13.2. The Kier molecular flexibility index (Phi) is 3.42. The third-order valence-electron chi connectivity index (χ3n) is 4.14. The van der Waals surface area contributed by atoms with E-state index in [4.69, 9.17) is 5.73 Å². The predicted molar refractivity (Wildman–Crippen MR) is 79.3 cm³/mol. The minimum atomic E-state index is 0.464. The molecular weight excluding hydrogens is 236 g/mol. The molecule has 0 aliphatic carbocycles. The van der Waals surface area contributed by atoms with Crippen molar-refractivity contribution in [1.29, 1.82) is 0 Å². The molecule has 0 amide bonds. The zero-order valence-corrected chi connectivity index (χ0v) is 11.5. The van der Waals surface area contributed by atoms with Gasteiger partial charge in [-0.25, -0.2) is 4.98 Å². The highest BCUT2D eigenvalue weighted by atomic mass is 15.2. The van der Waals surface area contributed by atoms with Crippen LogP contribution < -0.4 is 10.6 Å². The van der Waals surface area contributed by atoms with E-state index in [0.29, 0.717) is 12.6 Å². The highest BCUT2D eigenvalue weighted by molar-refractivity contribution is 5.79. The second-order valence-corrected chi connectivity index (χ2v) is 5.34. The molecule has 19 heavy (non-hydrogen) atoms. The molecule has 2 aromatic rings. The van der Waals surface area contributed by atoms with Crippen molar-refractivity contribution in [2.75, 3.05) is 11.4 Å². The molecule has 102 valence electrons. The van der Waals surface area contributed by atoms with Crippen molar-refractivity contribution < 1.29 is 0 Å². The highest BCUT2D eigenvalue weighted by Crippen LogP contribution is 2.28. The van der Waals surface area contributed by atoms with Crippen molar-refractivity contribution in [3.63, 3.8) is 0 Å². The number of hydrogen-bond donors (Lipinski definition) is 2. The van der Waals surface area contributed by atoms with Crippen LogP contribution in [-0.2, 0) is 6.54 Å². The number of aromatic nitrogens is 2. The van der Waals surface area contributed by atoms with Crippen LogP contribution in [0.25, 0.3) is 11.0 Å². The van der Waals surface area contributed by atoms with Crippen LogP contribution in [0.5, 0.6) is 0 Å². The lowest BCUT2D eigenvalue weighted by molar-refractivity contribution is 0.450. The Labute approximate surface area is 114 Å². The summed E-state index contributed by atoms with van der Waals surface area (Å²) < 4.78 is 0. The zero-order valence-electron chi connectivity index (χ0n) is 11.5. The maximum Gasteiger partial charge on any atom is 0.121 e. The van der Waals surface area contributed by atoms with E-state index in [-0.39, 0.29) is 0 Å². The SMILES string of the molecule is CCC1CCCCN1c1ccc2nc(CN)[nH]c2c1. The lowest BCUT2D eigenvalue weighted by Gasteiger charge is -2.37. The molecule has 2 heterocycles. The Morgan fingerprint density at radius 3 is 3.11 bits per heavy atom. The Morgan fingerprint density at radius 2 is 2.32 bits per heavy atom.